The number of hydrogen-bond donors (Lipinski definition) is 0. The number of carbonyl (C=O) groups is 2. The van der Waals surface area contributed by atoms with Crippen molar-refractivity contribution in [3.8, 4) is 0 Å². The quantitative estimate of drug-likeness (QED) is 0.405. The smallest absolute Gasteiger partial charge is 0.268 e. The second-order valence-electron chi connectivity index (χ2n) is 5.94. The SMILES string of the molecule is Cc1ccc(N2C(=O)c3cccc4cc([N+](=O)[O-])cc(c34)C2=O)cc1. The van der Waals surface area contributed by atoms with Gasteiger partial charge in [0.15, 0.2) is 0 Å². The van der Waals surface area contributed by atoms with E-state index in [1.54, 1.807) is 42.5 Å². The van der Waals surface area contributed by atoms with Gasteiger partial charge < -0.3 is 0 Å². The van der Waals surface area contributed by atoms with Gasteiger partial charge in [-0.1, -0.05) is 29.8 Å². The molecule has 0 aromatic heterocycles. The molecule has 122 valence electrons. The second kappa shape index (κ2) is 5.24. The van der Waals surface area contributed by atoms with E-state index in [0.29, 0.717) is 22.0 Å². The molecule has 4 rings (SSSR count). The Morgan fingerprint density at radius 1 is 0.920 bits per heavy atom. The summed E-state index contributed by atoms with van der Waals surface area (Å²) in [5.74, 6) is -0.984. The molecule has 6 heteroatoms. The van der Waals surface area contributed by atoms with Gasteiger partial charge in [-0.3, -0.25) is 19.7 Å². The van der Waals surface area contributed by atoms with Crippen molar-refractivity contribution in [3.05, 3.63) is 81.4 Å². The van der Waals surface area contributed by atoms with Crippen molar-refractivity contribution in [1.29, 1.82) is 0 Å². The molecule has 2 amide bonds. The first-order chi connectivity index (χ1) is 12.0. The van der Waals surface area contributed by atoms with Crippen LogP contribution in [0.3, 0.4) is 0 Å². The summed E-state index contributed by atoms with van der Waals surface area (Å²) in [6.07, 6.45) is 0. The highest BCUT2D eigenvalue weighted by Gasteiger charge is 2.35. The van der Waals surface area contributed by atoms with Crippen LogP contribution in [0, 0.1) is 17.0 Å². The highest BCUT2D eigenvalue weighted by atomic mass is 16.6. The Kier molecular flexibility index (Phi) is 3.15. The molecule has 1 aliphatic heterocycles. The van der Waals surface area contributed by atoms with E-state index in [1.807, 2.05) is 6.92 Å². The summed E-state index contributed by atoms with van der Waals surface area (Å²) < 4.78 is 0. The third-order valence-electron chi connectivity index (χ3n) is 4.33. The standard InChI is InChI=1S/C19H12N2O4/c1-11-5-7-13(8-6-11)20-18(22)15-4-2-3-12-9-14(21(24)25)10-16(17(12)15)19(20)23/h2-10H,1H3. The van der Waals surface area contributed by atoms with Crippen molar-refractivity contribution in [2.75, 3.05) is 4.90 Å². The minimum Gasteiger partial charge on any atom is -0.268 e. The molecule has 25 heavy (non-hydrogen) atoms. The average Bonchev–Trinajstić information content (AvgIpc) is 2.60. The molecule has 3 aromatic carbocycles. The monoisotopic (exact) mass is 332 g/mol. The zero-order valence-electron chi connectivity index (χ0n) is 13.2. The lowest BCUT2D eigenvalue weighted by Gasteiger charge is -2.27. The third-order valence-corrected chi connectivity index (χ3v) is 4.33. The molecule has 0 unspecified atom stereocenters. The molecule has 0 spiro atoms. The highest BCUT2D eigenvalue weighted by Crippen LogP contribution is 2.35. The molecule has 0 aliphatic carbocycles. The van der Waals surface area contributed by atoms with Crippen LogP contribution in [-0.4, -0.2) is 16.7 Å². The first-order valence-electron chi connectivity index (χ1n) is 7.64. The minimum absolute atomic E-state index is 0.167. The van der Waals surface area contributed by atoms with Crippen LogP contribution < -0.4 is 4.90 Å². The van der Waals surface area contributed by atoms with Gasteiger partial charge in [-0.05, 0) is 30.5 Å². The lowest BCUT2D eigenvalue weighted by molar-refractivity contribution is -0.384. The summed E-state index contributed by atoms with van der Waals surface area (Å²) in [6.45, 7) is 1.91. The fraction of sp³-hybridized carbons (Fsp3) is 0.0526. The molecule has 0 radical (unpaired) electrons. The lowest BCUT2D eigenvalue weighted by atomic mass is 9.93. The van der Waals surface area contributed by atoms with Crippen LogP contribution in [0.25, 0.3) is 10.8 Å². The van der Waals surface area contributed by atoms with Gasteiger partial charge in [-0.15, -0.1) is 0 Å². The molecule has 0 saturated heterocycles. The Morgan fingerprint density at radius 3 is 2.28 bits per heavy atom. The number of benzene rings is 3. The van der Waals surface area contributed by atoms with E-state index in [2.05, 4.69) is 0 Å². The van der Waals surface area contributed by atoms with Crippen LogP contribution in [-0.2, 0) is 0 Å². The van der Waals surface area contributed by atoms with Gasteiger partial charge in [0.05, 0.1) is 16.2 Å². The van der Waals surface area contributed by atoms with Crippen LogP contribution >= 0.6 is 0 Å². The van der Waals surface area contributed by atoms with E-state index in [0.717, 1.165) is 10.5 Å². The highest BCUT2D eigenvalue weighted by molar-refractivity contribution is 6.36. The summed E-state index contributed by atoms with van der Waals surface area (Å²) in [5, 5.41) is 12.2. The Bertz CT molecular complexity index is 1070. The number of non-ortho nitro benzene ring substituents is 1. The Balaban J connectivity index is 2.00. The molecule has 0 bridgehead atoms. The van der Waals surface area contributed by atoms with Crippen LogP contribution in [0.4, 0.5) is 11.4 Å². The number of rotatable bonds is 2. The Labute approximate surface area is 142 Å². The van der Waals surface area contributed by atoms with Crippen molar-refractivity contribution in [2.45, 2.75) is 6.92 Å². The van der Waals surface area contributed by atoms with E-state index < -0.39 is 16.7 Å². The molecule has 0 fully saturated rings. The molecule has 0 atom stereocenters. The lowest BCUT2D eigenvalue weighted by Crippen LogP contribution is -2.40. The van der Waals surface area contributed by atoms with Gasteiger partial charge in [0.25, 0.3) is 17.5 Å². The molecule has 0 saturated carbocycles. The maximum Gasteiger partial charge on any atom is 0.270 e. The first kappa shape index (κ1) is 15.0. The zero-order valence-corrected chi connectivity index (χ0v) is 13.2. The Hall–Kier alpha value is -3.54. The third kappa shape index (κ3) is 2.19. The number of nitrogens with zero attached hydrogens (tertiary/aromatic N) is 2. The predicted octanol–water partition coefficient (Wildman–Crippen LogP) is 3.86. The molecular formula is C19H12N2O4. The molecular weight excluding hydrogens is 320 g/mol. The first-order valence-corrected chi connectivity index (χ1v) is 7.64. The fourth-order valence-corrected chi connectivity index (χ4v) is 3.13. The van der Waals surface area contributed by atoms with Crippen molar-refractivity contribution >= 4 is 34.0 Å². The largest absolute Gasteiger partial charge is 0.270 e. The predicted molar refractivity (Wildman–Crippen MR) is 92.9 cm³/mol. The topological polar surface area (TPSA) is 80.5 Å². The number of amides is 2. The van der Waals surface area contributed by atoms with Crippen molar-refractivity contribution in [2.24, 2.45) is 0 Å². The van der Waals surface area contributed by atoms with Gasteiger partial charge in [-0.2, -0.15) is 0 Å². The van der Waals surface area contributed by atoms with Crippen molar-refractivity contribution < 1.29 is 14.5 Å². The van der Waals surface area contributed by atoms with E-state index >= 15 is 0 Å². The molecule has 1 heterocycles. The minimum atomic E-state index is -0.554. The maximum absolute atomic E-state index is 13.0. The van der Waals surface area contributed by atoms with Crippen LogP contribution in [0.1, 0.15) is 26.3 Å². The number of hydrogen-bond acceptors (Lipinski definition) is 4. The molecule has 1 aliphatic rings. The van der Waals surface area contributed by atoms with Crippen LogP contribution in [0.15, 0.2) is 54.6 Å². The molecule has 6 nitrogen and oxygen atoms in total. The van der Waals surface area contributed by atoms with Gasteiger partial charge in [0.2, 0.25) is 0 Å². The normalized spacial score (nSPS) is 13.4. The van der Waals surface area contributed by atoms with E-state index in [4.69, 9.17) is 0 Å². The second-order valence-corrected chi connectivity index (χ2v) is 5.94. The average molecular weight is 332 g/mol. The number of nitro benzene ring substituents is 1. The number of aryl methyl sites for hydroxylation is 1. The van der Waals surface area contributed by atoms with Crippen LogP contribution in [0.2, 0.25) is 0 Å². The zero-order chi connectivity index (χ0) is 17.7. The van der Waals surface area contributed by atoms with Crippen molar-refractivity contribution in [3.63, 3.8) is 0 Å². The molecule has 0 N–H and O–H groups in total. The summed E-state index contributed by atoms with van der Waals surface area (Å²) in [4.78, 5) is 37.6. The van der Waals surface area contributed by atoms with Crippen molar-refractivity contribution in [1.82, 2.24) is 0 Å². The maximum atomic E-state index is 13.0. The van der Waals surface area contributed by atoms with E-state index in [-0.39, 0.29) is 11.3 Å². The number of anilines is 1. The van der Waals surface area contributed by atoms with E-state index in [1.165, 1.54) is 12.1 Å². The number of carbonyl (C=O) groups excluding carboxylic acids is 2. The van der Waals surface area contributed by atoms with Gasteiger partial charge in [0, 0.05) is 23.1 Å². The van der Waals surface area contributed by atoms with Gasteiger partial charge in [0.1, 0.15) is 0 Å². The molecule has 3 aromatic rings. The summed E-state index contributed by atoms with van der Waals surface area (Å²) in [7, 11) is 0. The number of imide groups is 1. The summed E-state index contributed by atoms with van der Waals surface area (Å²) in [6, 6.07) is 14.6. The van der Waals surface area contributed by atoms with E-state index in [9.17, 15) is 19.7 Å². The van der Waals surface area contributed by atoms with Crippen LogP contribution in [0.5, 0.6) is 0 Å². The number of nitro groups is 1. The Morgan fingerprint density at radius 2 is 1.60 bits per heavy atom. The summed E-state index contributed by atoms with van der Waals surface area (Å²) in [5.41, 5.74) is 1.79. The fourth-order valence-electron chi connectivity index (χ4n) is 3.13. The summed E-state index contributed by atoms with van der Waals surface area (Å²) >= 11 is 0. The van der Waals surface area contributed by atoms with Gasteiger partial charge in [-0.25, -0.2) is 4.90 Å². The van der Waals surface area contributed by atoms with Gasteiger partial charge >= 0.3 is 0 Å².